The molecule has 1 rings (SSSR count). The SMILES string of the molecule is CCOC(=O)C(C)Oc1c(C)cc(CO)cc1C. The van der Waals surface area contributed by atoms with Gasteiger partial charge in [0, 0.05) is 0 Å². The molecule has 1 atom stereocenters. The van der Waals surface area contributed by atoms with E-state index in [1.165, 1.54) is 0 Å². The Balaban J connectivity index is 2.88. The Labute approximate surface area is 108 Å². The molecule has 1 unspecified atom stereocenters. The minimum absolute atomic E-state index is 0.00457. The lowest BCUT2D eigenvalue weighted by molar-refractivity contribution is -0.150. The molecule has 0 heterocycles. The van der Waals surface area contributed by atoms with Crippen molar-refractivity contribution >= 4 is 5.97 Å². The molecule has 18 heavy (non-hydrogen) atoms. The number of rotatable bonds is 5. The van der Waals surface area contributed by atoms with Crippen LogP contribution in [0, 0.1) is 13.8 Å². The van der Waals surface area contributed by atoms with E-state index in [2.05, 4.69) is 0 Å². The maximum absolute atomic E-state index is 11.5. The van der Waals surface area contributed by atoms with E-state index in [4.69, 9.17) is 14.6 Å². The summed E-state index contributed by atoms with van der Waals surface area (Å²) >= 11 is 0. The van der Waals surface area contributed by atoms with Crippen LogP contribution in [-0.2, 0) is 16.1 Å². The fourth-order valence-electron chi connectivity index (χ4n) is 1.80. The van der Waals surface area contributed by atoms with Crippen LogP contribution in [-0.4, -0.2) is 23.8 Å². The van der Waals surface area contributed by atoms with Crippen LogP contribution >= 0.6 is 0 Å². The highest BCUT2D eigenvalue weighted by Crippen LogP contribution is 2.26. The number of esters is 1. The van der Waals surface area contributed by atoms with E-state index in [1.54, 1.807) is 13.8 Å². The van der Waals surface area contributed by atoms with Crippen LogP contribution < -0.4 is 4.74 Å². The molecular weight excluding hydrogens is 232 g/mol. The highest BCUT2D eigenvalue weighted by atomic mass is 16.6. The average Bonchev–Trinajstić information content (AvgIpc) is 2.33. The average molecular weight is 252 g/mol. The maximum Gasteiger partial charge on any atom is 0.347 e. The highest BCUT2D eigenvalue weighted by molar-refractivity contribution is 5.74. The van der Waals surface area contributed by atoms with E-state index >= 15 is 0 Å². The first-order chi connectivity index (χ1) is 8.49. The van der Waals surface area contributed by atoms with Crippen LogP contribution in [0.15, 0.2) is 12.1 Å². The van der Waals surface area contributed by atoms with Gasteiger partial charge in [-0.1, -0.05) is 12.1 Å². The number of aliphatic hydroxyl groups excluding tert-OH is 1. The van der Waals surface area contributed by atoms with E-state index in [1.807, 2.05) is 26.0 Å². The van der Waals surface area contributed by atoms with Crippen LogP contribution in [0.5, 0.6) is 5.75 Å². The van der Waals surface area contributed by atoms with Crippen LogP contribution in [0.4, 0.5) is 0 Å². The minimum atomic E-state index is -0.637. The number of carbonyl (C=O) groups excluding carboxylic acids is 1. The fourth-order valence-corrected chi connectivity index (χ4v) is 1.80. The molecule has 4 nitrogen and oxygen atoms in total. The van der Waals surface area contributed by atoms with Crippen molar-refractivity contribution in [2.75, 3.05) is 6.61 Å². The molecule has 0 saturated heterocycles. The Morgan fingerprint density at radius 2 is 1.89 bits per heavy atom. The van der Waals surface area contributed by atoms with Crippen molar-refractivity contribution in [3.8, 4) is 5.75 Å². The predicted molar refractivity (Wildman–Crippen MR) is 68.6 cm³/mol. The second-order valence-electron chi connectivity index (χ2n) is 4.23. The summed E-state index contributed by atoms with van der Waals surface area (Å²) in [6.45, 7) is 7.54. The standard InChI is InChI=1S/C14H20O4/c1-5-17-14(16)11(4)18-13-9(2)6-12(8-15)7-10(13)3/h6-7,11,15H,5,8H2,1-4H3. The zero-order valence-electron chi connectivity index (χ0n) is 11.3. The highest BCUT2D eigenvalue weighted by Gasteiger charge is 2.18. The number of benzene rings is 1. The lowest BCUT2D eigenvalue weighted by Gasteiger charge is -2.17. The monoisotopic (exact) mass is 252 g/mol. The first-order valence-corrected chi connectivity index (χ1v) is 6.03. The Bertz CT molecular complexity index is 403. The topological polar surface area (TPSA) is 55.8 Å². The zero-order chi connectivity index (χ0) is 13.7. The lowest BCUT2D eigenvalue weighted by atomic mass is 10.1. The molecule has 0 aliphatic carbocycles. The second-order valence-corrected chi connectivity index (χ2v) is 4.23. The van der Waals surface area contributed by atoms with Gasteiger partial charge in [-0.3, -0.25) is 0 Å². The van der Waals surface area contributed by atoms with Crippen LogP contribution in [0.2, 0.25) is 0 Å². The molecule has 100 valence electrons. The quantitative estimate of drug-likeness (QED) is 0.816. The molecule has 0 spiro atoms. The van der Waals surface area contributed by atoms with Crippen LogP contribution in [0.3, 0.4) is 0 Å². The molecule has 1 aromatic carbocycles. The Kier molecular flexibility index (Phi) is 5.16. The molecule has 0 aliphatic rings. The van der Waals surface area contributed by atoms with Crippen molar-refractivity contribution < 1.29 is 19.4 Å². The predicted octanol–water partition coefficient (Wildman–Crippen LogP) is 2.13. The van der Waals surface area contributed by atoms with Crippen molar-refractivity contribution in [1.29, 1.82) is 0 Å². The molecule has 0 bridgehead atoms. The van der Waals surface area contributed by atoms with Crippen molar-refractivity contribution in [3.63, 3.8) is 0 Å². The van der Waals surface area contributed by atoms with E-state index in [9.17, 15) is 4.79 Å². The number of carbonyl (C=O) groups is 1. The van der Waals surface area contributed by atoms with Crippen molar-refractivity contribution in [2.45, 2.75) is 40.4 Å². The number of ether oxygens (including phenoxy) is 2. The van der Waals surface area contributed by atoms with Gasteiger partial charge in [0.1, 0.15) is 5.75 Å². The molecule has 0 saturated carbocycles. The minimum Gasteiger partial charge on any atom is -0.478 e. The molecular formula is C14H20O4. The molecule has 1 aromatic rings. The Hall–Kier alpha value is -1.55. The summed E-state index contributed by atoms with van der Waals surface area (Å²) in [5, 5.41) is 9.10. The summed E-state index contributed by atoms with van der Waals surface area (Å²) in [5.41, 5.74) is 2.63. The van der Waals surface area contributed by atoms with Gasteiger partial charge in [-0.05, 0) is 44.4 Å². The summed E-state index contributed by atoms with van der Waals surface area (Å²) in [6, 6.07) is 3.69. The summed E-state index contributed by atoms with van der Waals surface area (Å²) in [5.74, 6) is 0.301. The largest absolute Gasteiger partial charge is 0.478 e. The van der Waals surface area contributed by atoms with E-state index in [0.29, 0.717) is 12.4 Å². The molecule has 4 heteroatoms. The normalized spacial score (nSPS) is 12.1. The number of aryl methyl sites for hydroxylation is 2. The third kappa shape index (κ3) is 3.47. The molecule has 0 fully saturated rings. The van der Waals surface area contributed by atoms with Gasteiger partial charge in [0.2, 0.25) is 0 Å². The van der Waals surface area contributed by atoms with Gasteiger partial charge >= 0.3 is 5.97 Å². The summed E-state index contributed by atoms with van der Waals surface area (Å²) in [4.78, 5) is 11.5. The summed E-state index contributed by atoms with van der Waals surface area (Å²) < 4.78 is 10.5. The lowest BCUT2D eigenvalue weighted by Crippen LogP contribution is -2.26. The van der Waals surface area contributed by atoms with Gasteiger partial charge in [-0.15, -0.1) is 0 Å². The third-order valence-corrected chi connectivity index (χ3v) is 2.62. The smallest absolute Gasteiger partial charge is 0.347 e. The van der Waals surface area contributed by atoms with Crippen LogP contribution in [0.25, 0.3) is 0 Å². The molecule has 0 radical (unpaired) electrons. The van der Waals surface area contributed by atoms with Gasteiger partial charge in [0.05, 0.1) is 13.2 Å². The van der Waals surface area contributed by atoms with Crippen LogP contribution in [0.1, 0.15) is 30.5 Å². The third-order valence-electron chi connectivity index (χ3n) is 2.62. The zero-order valence-corrected chi connectivity index (χ0v) is 11.3. The van der Waals surface area contributed by atoms with E-state index in [0.717, 1.165) is 16.7 Å². The fraction of sp³-hybridized carbons (Fsp3) is 0.500. The first-order valence-electron chi connectivity index (χ1n) is 6.03. The maximum atomic E-state index is 11.5. The Morgan fingerprint density at radius 1 is 1.33 bits per heavy atom. The summed E-state index contributed by atoms with van der Waals surface area (Å²) in [6.07, 6.45) is -0.637. The molecule has 0 aliphatic heterocycles. The first kappa shape index (κ1) is 14.5. The molecule has 0 aromatic heterocycles. The van der Waals surface area contributed by atoms with Gasteiger partial charge < -0.3 is 14.6 Å². The molecule has 0 amide bonds. The van der Waals surface area contributed by atoms with E-state index in [-0.39, 0.29) is 12.6 Å². The van der Waals surface area contributed by atoms with Crippen molar-refractivity contribution in [3.05, 3.63) is 28.8 Å². The molecule has 1 N–H and O–H groups in total. The van der Waals surface area contributed by atoms with Crippen molar-refractivity contribution in [2.24, 2.45) is 0 Å². The van der Waals surface area contributed by atoms with Gasteiger partial charge in [-0.2, -0.15) is 0 Å². The summed E-state index contributed by atoms with van der Waals surface area (Å²) in [7, 11) is 0. The van der Waals surface area contributed by atoms with Gasteiger partial charge in [0.15, 0.2) is 6.10 Å². The number of aliphatic hydroxyl groups is 1. The van der Waals surface area contributed by atoms with Gasteiger partial charge in [0.25, 0.3) is 0 Å². The Morgan fingerprint density at radius 3 is 2.33 bits per heavy atom. The number of hydrogen-bond donors (Lipinski definition) is 1. The van der Waals surface area contributed by atoms with E-state index < -0.39 is 6.10 Å². The van der Waals surface area contributed by atoms with Crippen molar-refractivity contribution in [1.82, 2.24) is 0 Å². The second kappa shape index (κ2) is 6.40. The van der Waals surface area contributed by atoms with Gasteiger partial charge in [-0.25, -0.2) is 4.79 Å². The number of hydrogen-bond acceptors (Lipinski definition) is 4.